The number of aryl methyl sites for hydroxylation is 3. The van der Waals surface area contributed by atoms with Crippen molar-refractivity contribution in [2.24, 2.45) is 14.1 Å². The minimum Gasteiger partial charge on any atom is -0.325 e. The third-order valence-electron chi connectivity index (χ3n) is 5.88. The molecular formula is C22H27N5O4S. The van der Waals surface area contributed by atoms with Crippen molar-refractivity contribution >= 4 is 32.7 Å². The van der Waals surface area contributed by atoms with Crippen LogP contribution in [0.4, 0.5) is 5.69 Å². The smallest absolute Gasteiger partial charge is 0.325 e. The molecule has 1 aliphatic rings. The highest BCUT2D eigenvalue weighted by Gasteiger charge is 2.29. The Labute approximate surface area is 186 Å². The molecule has 1 N–H and O–H groups in total. The highest BCUT2D eigenvalue weighted by Crippen LogP contribution is 2.22. The molecular weight excluding hydrogens is 430 g/mol. The molecule has 2 aromatic carbocycles. The third kappa shape index (κ3) is 4.21. The molecule has 1 saturated heterocycles. The first-order chi connectivity index (χ1) is 15.2. The van der Waals surface area contributed by atoms with Gasteiger partial charge in [-0.2, -0.15) is 4.31 Å². The predicted octanol–water partition coefficient (Wildman–Crippen LogP) is 1.13. The van der Waals surface area contributed by atoms with Crippen LogP contribution in [-0.4, -0.2) is 65.4 Å². The zero-order chi connectivity index (χ0) is 23.0. The van der Waals surface area contributed by atoms with Crippen molar-refractivity contribution in [1.29, 1.82) is 0 Å². The van der Waals surface area contributed by atoms with Gasteiger partial charge in [-0.1, -0.05) is 12.1 Å². The van der Waals surface area contributed by atoms with Crippen molar-refractivity contribution < 1.29 is 13.2 Å². The molecule has 2 heterocycles. The monoisotopic (exact) mass is 457 g/mol. The molecule has 1 amide bonds. The normalized spacial score (nSPS) is 15.8. The summed E-state index contributed by atoms with van der Waals surface area (Å²) in [5.74, 6) is -0.123. The Kier molecular flexibility index (Phi) is 5.93. The van der Waals surface area contributed by atoms with E-state index in [1.54, 1.807) is 32.3 Å². The second-order valence-electron chi connectivity index (χ2n) is 8.15. The number of hydrogen-bond donors (Lipinski definition) is 1. The fourth-order valence-corrected chi connectivity index (χ4v) is 5.49. The van der Waals surface area contributed by atoms with E-state index >= 15 is 0 Å². The Morgan fingerprint density at radius 1 is 0.969 bits per heavy atom. The number of hydrogen-bond acceptors (Lipinski definition) is 5. The Bertz CT molecular complexity index is 1330. The maximum absolute atomic E-state index is 13.2. The van der Waals surface area contributed by atoms with Gasteiger partial charge in [0.25, 0.3) is 0 Å². The van der Waals surface area contributed by atoms with Gasteiger partial charge in [0.05, 0.1) is 22.5 Å². The number of amides is 1. The Balaban J connectivity index is 1.41. The molecule has 0 atom stereocenters. The van der Waals surface area contributed by atoms with Crippen LogP contribution in [0, 0.1) is 6.92 Å². The number of anilines is 1. The maximum atomic E-state index is 13.2. The van der Waals surface area contributed by atoms with Gasteiger partial charge in [-0.15, -0.1) is 0 Å². The summed E-state index contributed by atoms with van der Waals surface area (Å²) in [6, 6.07) is 12.3. The third-order valence-corrected chi connectivity index (χ3v) is 7.78. The van der Waals surface area contributed by atoms with E-state index in [1.165, 1.54) is 13.4 Å². The first-order valence-corrected chi connectivity index (χ1v) is 11.9. The fraction of sp³-hybridized carbons (Fsp3) is 0.364. The molecule has 1 fully saturated rings. The molecule has 170 valence electrons. The number of benzene rings is 2. The number of rotatable bonds is 5. The summed E-state index contributed by atoms with van der Waals surface area (Å²) >= 11 is 0. The number of carbonyl (C=O) groups excluding carboxylic acids is 1. The highest BCUT2D eigenvalue weighted by molar-refractivity contribution is 7.89. The molecule has 1 aromatic heterocycles. The SMILES string of the molecule is Cc1cccc(NC(=O)CN2CCN(S(=O)(=O)c3ccc4c(c3)n(C)c(=O)n4C)CC2)c1. The van der Waals surface area contributed by atoms with E-state index < -0.39 is 10.0 Å². The average molecular weight is 458 g/mol. The number of nitrogens with one attached hydrogen (secondary N) is 1. The number of nitrogens with zero attached hydrogens (tertiary/aromatic N) is 4. The summed E-state index contributed by atoms with van der Waals surface area (Å²) in [5.41, 5.74) is 2.87. The lowest BCUT2D eigenvalue weighted by Crippen LogP contribution is -2.50. The van der Waals surface area contributed by atoms with Gasteiger partial charge >= 0.3 is 5.69 Å². The van der Waals surface area contributed by atoms with Crippen LogP contribution < -0.4 is 11.0 Å². The Hall–Kier alpha value is -2.95. The van der Waals surface area contributed by atoms with Gasteiger partial charge in [-0.05, 0) is 42.8 Å². The summed E-state index contributed by atoms with van der Waals surface area (Å²) in [4.78, 5) is 26.6. The lowest BCUT2D eigenvalue weighted by atomic mass is 10.2. The van der Waals surface area contributed by atoms with Crippen LogP contribution >= 0.6 is 0 Å². The zero-order valence-electron chi connectivity index (χ0n) is 18.4. The van der Waals surface area contributed by atoms with Crippen molar-refractivity contribution in [2.75, 3.05) is 38.0 Å². The first kappa shape index (κ1) is 22.3. The van der Waals surface area contributed by atoms with E-state index in [4.69, 9.17) is 0 Å². The van der Waals surface area contributed by atoms with Crippen molar-refractivity contribution in [2.45, 2.75) is 11.8 Å². The summed E-state index contributed by atoms with van der Waals surface area (Å²) in [6.07, 6.45) is 0. The van der Waals surface area contributed by atoms with E-state index in [0.717, 1.165) is 11.3 Å². The molecule has 0 aliphatic carbocycles. The molecule has 0 unspecified atom stereocenters. The quantitative estimate of drug-likeness (QED) is 0.620. The summed E-state index contributed by atoms with van der Waals surface area (Å²) in [5, 5.41) is 2.88. The number of carbonyl (C=O) groups is 1. The topological polar surface area (TPSA) is 96.7 Å². The molecule has 10 heteroatoms. The lowest BCUT2D eigenvalue weighted by Gasteiger charge is -2.33. The van der Waals surface area contributed by atoms with Gasteiger partial charge in [0.1, 0.15) is 0 Å². The van der Waals surface area contributed by atoms with Gasteiger partial charge in [-0.25, -0.2) is 13.2 Å². The van der Waals surface area contributed by atoms with Crippen LogP contribution in [-0.2, 0) is 28.9 Å². The van der Waals surface area contributed by atoms with Gasteiger partial charge in [-0.3, -0.25) is 18.8 Å². The fourth-order valence-electron chi connectivity index (χ4n) is 4.05. The van der Waals surface area contributed by atoms with Crippen LogP contribution in [0.1, 0.15) is 5.56 Å². The average Bonchev–Trinajstić information content (AvgIpc) is 2.98. The first-order valence-electron chi connectivity index (χ1n) is 10.4. The van der Waals surface area contributed by atoms with Crippen molar-refractivity contribution in [1.82, 2.24) is 18.3 Å². The number of imidazole rings is 1. The Morgan fingerprint density at radius 3 is 2.34 bits per heavy atom. The molecule has 32 heavy (non-hydrogen) atoms. The number of piperazine rings is 1. The van der Waals surface area contributed by atoms with Crippen LogP contribution in [0.2, 0.25) is 0 Å². The number of fused-ring (bicyclic) bond motifs is 1. The molecule has 4 rings (SSSR count). The molecule has 0 spiro atoms. The van der Waals surface area contributed by atoms with Gasteiger partial charge in [0.15, 0.2) is 0 Å². The summed E-state index contributed by atoms with van der Waals surface area (Å²) in [6.45, 7) is 3.70. The van der Waals surface area contributed by atoms with E-state index in [1.807, 2.05) is 36.1 Å². The maximum Gasteiger partial charge on any atom is 0.328 e. The second-order valence-corrected chi connectivity index (χ2v) is 10.1. The molecule has 0 radical (unpaired) electrons. The summed E-state index contributed by atoms with van der Waals surface area (Å²) < 4.78 is 30.7. The van der Waals surface area contributed by atoms with Crippen LogP contribution in [0.5, 0.6) is 0 Å². The standard InChI is InChI=1S/C22H27N5O4S/c1-16-5-4-6-17(13-16)23-21(28)15-26-9-11-27(12-10-26)32(30,31)18-7-8-19-20(14-18)25(3)22(29)24(19)2/h4-8,13-14H,9-12,15H2,1-3H3,(H,23,28). The van der Waals surface area contributed by atoms with Crippen molar-refractivity contribution in [3.8, 4) is 0 Å². The van der Waals surface area contributed by atoms with Gasteiger partial charge in [0, 0.05) is 46.0 Å². The molecule has 9 nitrogen and oxygen atoms in total. The van der Waals surface area contributed by atoms with Crippen LogP contribution in [0.25, 0.3) is 11.0 Å². The molecule has 1 aliphatic heterocycles. The molecule has 3 aromatic rings. The predicted molar refractivity (Wildman–Crippen MR) is 123 cm³/mol. The Morgan fingerprint density at radius 2 is 1.66 bits per heavy atom. The minimum atomic E-state index is -3.70. The van der Waals surface area contributed by atoms with Gasteiger partial charge in [0.2, 0.25) is 15.9 Å². The lowest BCUT2D eigenvalue weighted by molar-refractivity contribution is -0.117. The number of aromatic nitrogens is 2. The molecule has 0 saturated carbocycles. The van der Waals surface area contributed by atoms with Gasteiger partial charge < -0.3 is 5.32 Å². The number of sulfonamides is 1. The molecule has 0 bridgehead atoms. The van der Waals surface area contributed by atoms with Crippen molar-refractivity contribution in [3.05, 3.63) is 58.5 Å². The van der Waals surface area contributed by atoms with E-state index in [-0.39, 0.29) is 23.0 Å². The largest absolute Gasteiger partial charge is 0.328 e. The van der Waals surface area contributed by atoms with Crippen molar-refractivity contribution in [3.63, 3.8) is 0 Å². The highest BCUT2D eigenvalue weighted by atomic mass is 32.2. The van der Waals surface area contributed by atoms with E-state index in [0.29, 0.717) is 37.2 Å². The van der Waals surface area contributed by atoms with Crippen LogP contribution in [0.15, 0.2) is 52.2 Å². The van der Waals surface area contributed by atoms with Crippen LogP contribution in [0.3, 0.4) is 0 Å². The zero-order valence-corrected chi connectivity index (χ0v) is 19.2. The minimum absolute atomic E-state index is 0.123. The van der Waals surface area contributed by atoms with E-state index in [2.05, 4.69) is 5.32 Å². The second kappa shape index (κ2) is 8.53. The summed E-state index contributed by atoms with van der Waals surface area (Å²) in [7, 11) is -0.411. The van der Waals surface area contributed by atoms with E-state index in [9.17, 15) is 18.0 Å².